The molecule has 0 aliphatic heterocycles. The van der Waals surface area contributed by atoms with E-state index in [4.69, 9.17) is 0 Å². The average Bonchev–Trinajstić information content (AvgIpc) is 2.39. The Labute approximate surface area is 108 Å². The first kappa shape index (κ1) is 12.7. The van der Waals surface area contributed by atoms with Crippen molar-refractivity contribution in [1.82, 2.24) is 4.98 Å². The van der Waals surface area contributed by atoms with Gasteiger partial charge in [0.2, 0.25) is 0 Å². The van der Waals surface area contributed by atoms with Crippen LogP contribution in [-0.4, -0.2) is 10.8 Å². The SMILES string of the molecule is CCC(CC)C(=O)c1cc(C)nc2ccccc12. The zero-order chi connectivity index (χ0) is 13.1. The summed E-state index contributed by atoms with van der Waals surface area (Å²) in [6.45, 7) is 6.08. The predicted molar refractivity (Wildman–Crippen MR) is 74.9 cm³/mol. The molecule has 94 valence electrons. The molecular formula is C16H19NO. The highest BCUT2D eigenvalue weighted by Crippen LogP contribution is 2.23. The van der Waals surface area contributed by atoms with Crippen LogP contribution in [0.4, 0.5) is 0 Å². The summed E-state index contributed by atoms with van der Waals surface area (Å²) in [5.41, 5.74) is 2.64. The smallest absolute Gasteiger partial charge is 0.166 e. The molecule has 1 heterocycles. The summed E-state index contributed by atoms with van der Waals surface area (Å²) in [5, 5.41) is 0.972. The van der Waals surface area contributed by atoms with Gasteiger partial charge < -0.3 is 0 Å². The Hall–Kier alpha value is -1.70. The van der Waals surface area contributed by atoms with Gasteiger partial charge in [-0.15, -0.1) is 0 Å². The number of ketones is 1. The molecular weight excluding hydrogens is 222 g/mol. The third-order valence-corrected chi connectivity index (χ3v) is 3.47. The van der Waals surface area contributed by atoms with Crippen LogP contribution < -0.4 is 0 Å². The lowest BCUT2D eigenvalue weighted by atomic mass is 9.91. The molecule has 2 aromatic rings. The number of benzene rings is 1. The lowest BCUT2D eigenvalue weighted by molar-refractivity contribution is 0.0915. The van der Waals surface area contributed by atoms with Gasteiger partial charge in [0, 0.05) is 22.6 Å². The number of rotatable bonds is 4. The molecule has 0 N–H and O–H groups in total. The van der Waals surface area contributed by atoms with Crippen molar-refractivity contribution in [3.8, 4) is 0 Å². The minimum atomic E-state index is 0.121. The first-order valence-electron chi connectivity index (χ1n) is 6.58. The summed E-state index contributed by atoms with van der Waals surface area (Å²) < 4.78 is 0. The first-order valence-corrected chi connectivity index (χ1v) is 6.58. The van der Waals surface area contributed by atoms with E-state index in [0.29, 0.717) is 0 Å². The maximum atomic E-state index is 12.5. The minimum Gasteiger partial charge on any atom is -0.294 e. The molecule has 0 bridgehead atoms. The van der Waals surface area contributed by atoms with Gasteiger partial charge in [-0.3, -0.25) is 9.78 Å². The second-order valence-electron chi connectivity index (χ2n) is 4.71. The van der Waals surface area contributed by atoms with E-state index in [9.17, 15) is 4.79 Å². The summed E-state index contributed by atoms with van der Waals surface area (Å²) in [5.74, 6) is 0.372. The Bertz CT molecular complexity index is 570. The van der Waals surface area contributed by atoms with E-state index in [1.807, 2.05) is 37.3 Å². The molecule has 0 amide bonds. The Morgan fingerprint density at radius 3 is 2.56 bits per heavy atom. The second kappa shape index (κ2) is 5.30. The van der Waals surface area contributed by atoms with Crippen LogP contribution in [0.15, 0.2) is 30.3 Å². The van der Waals surface area contributed by atoms with Gasteiger partial charge in [0.05, 0.1) is 5.52 Å². The molecule has 0 radical (unpaired) electrons. The highest BCUT2D eigenvalue weighted by Gasteiger charge is 2.19. The van der Waals surface area contributed by atoms with Crippen molar-refractivity contribution in [2.45, 2.75) is 33.6 Å². The molecule has 0 aliphatic rings. The lowest BCUT2D eigenvalue weighted by Gasteiger charge is -2.13. The Kier molecular flexibility index (Phi) is 3.75. The van der Waals surface area contributed by atoms with E-state index in [0.717, 1.165) is 35.0 Å². The number of nitrogens with zero attached hydrogens (tertiary/aromatic N) is 1. The van der Waals surface area contributed by atoms with E-state index in [-0.39, 0.29) is 11.7 Å². The van der Waals surface area contributed by atoms with E-state index in [1.54, 1.807) is 0 Å². The number of pyridine rings is 1. The summed E-state index contributed by atoms with van der Waals surface area (Å²) in [6.07, 6.45) is 1.79. The highest BCUT2D eigenvalue weighted by molar-refractivity contribution is 6.08. The van der Waals surface area contributed by atoms with Crippen molar-refractivity contribution >= 4 is 16.7 Å². The van der Waals surface area contributed by atoms with Gasteiger partial charge in [-0.05, 0) is 31.9 Å². The molecule has 2 rings (SSSR count). The molecule has 1 aromatic carbocycles. The fraction of sp³-hybridized carbons (Fsp3) is 0.375. The zero-order valence-corrected chi connectivity index (χ0v) is 11.2. The van der Waals surface area contributed by atoms with Gasteiger partial charge in [-0.25, -0.2) is 0 Å². The van der Waals surface area contributed by atoms with Crippen LogP contribution in [0.2, 0.25) is 0 Å². The van der Waals surface area contributed by atoms with Gasteiger partial charge in [0.25, 0.3) is 0 Å². The van der Waals surface area contributed by atoms with Crippen LogP contribution in [0, 0.1) is 12.8 Å². The standard InChI is InChI=1S/C16H19NO/c1-4-12(5-2)16(18)14-10-11(3)17-15-9-7-6-8-13(14)15/h6-10,12H,4-5H2,1-3H3. The number of aryl methyl sites for hydroxylation is 1. The summed E-state index contributed by atoms with van der Waals surface area (Å²) in [4.78, 5) is 17.0. The molecule has 18 heavy (non-hydrogen) atoms. The second-order valence-corrected chi connectivity index (χ2v) is 4.71. The minimum absolute atomic E-state index is 0.121. The molecule has 0 unspecified atom stereocenters. The normalized spacial score (nSPS) is 11.1. The summed E-state index contributed by atoms with van der Waals surface area (Å²) in [7, 11) is 0. The summed E-state index contributed by atoms with van der Waals surface area (Å²) >= 11 is 0. The largest absolute Gasteiger partial charge is 0.294 e. The van der Waals surface area contributed by atoms with Crippen molar-refractivity contribution in [3.63, 3.8) is 0 Å². The van der Waals surface area contributed by atoms with Crippen LogP contribution in [0.3, 0.4) is 0 Å². The third kappa shape index (κ3) is 2.28. The number of para-hydroxylation sites is 1. The fourth-order valence-corrected chi connectivity index (χ4v) is 2.39. The van der Waals surface area contributed by atoms with Crippen molar-refractivity contribution in [1.29, 1.82) is 0 Å². The van der Waals surface area contributed by atoms with E-state index >= 15 is 0 Å². The van der Waals surface area contributed by atoms with Gasteiger partial charge in [-0.1, -0.05) is 32.0 Å². The van der Waals surface area contributed by atoms with Gasteiger partial charge in [0.15, 0.2) is 5.78 Å². The molecule has 2 nitrogen and oxygen atoms in total. The van der Waals surface area contributed by atoms with Crippen molar-refractivity contribution in [2.75, 3.05) is 0 Å². The molecule has 2 heteroatoms. The number of Topliss-reactive ketones (excluding diaryl/α,β-unsaturated/α-hetero) is 1. The molecule has 1 aromatic heterocycles. The molecule has 0 aliphatic carbocycles. The maximum absolute atomic E-state index is 12.5. The topological polar surface area (TPSA) is 30.0 Å². The number of aromatic nitrogens is 1. The van der Waals surface area contributed by atoms with Crippen molar-refractivity contribution < 1.29 is 4.79 Å². The summed E-state index contributed by atoms with van der Waals surface area (Å²) in [6, 6.07) is 9.79. The quantitative estimate of drug-likeness (QED) is 0.752. The first-order chi connectivity index (χ1) is 8.67. The van der Waals surface area contributed by atoms with Crippen LogP contribution in [-0.2, 0) is 0 Å². The van der Waals surface area contributed by atoms with Crippen LogP contribution >= 0.6 is 0 Å². The van der Waals surface area contributed by atoms with Gasteiger partial charge >= 0.3 is 0 Å². The van der Waals surface area contributed by atoms with Crippen molar-refractivity contribution in [2.24, 2.45) is 5.92 Å². The molecule has 0 atom stereocenters. The fourth-order valence-electron chi connectivity index (χ4n) is 2.39. The van der Waals surface area contributed by atoms with Crippen molar-refractivity contribution in [3.05, 3.63) is 41.6 Å². The average molecular weight is 241 g/mol. The highest BCUT2D eigenvalue weighted by atomic mass is 16.1. The van der Waals surface area contributed by atoms with E-state index < -0.39 is 0 Å². The van der Waals surface area contributed by atoms with Gasteiger partial charge in [-0.2, -0.15) is 0 Å². The number of fused-ring (bicyclic) bond motifs is 1. The Morgan fingerprint density at radius 2 is 1.89 bits per heavy atom. The maximum Gasteiger partial charge on any atom is 0.166 e. The Morgan fingerprint density at radius 1 is 1.22 bits per heavy atom. The predicted octanol–water partition coefficient (Wildman–Crippen LogP) is 4.16. The number of carbonyl (C=O) groups is 1. The third-order valence-electron chi connectivity index (χ3n) is 3.47. The zero-order valence-electron chi connectivity index (χ0n) is 11.2. The van der Waals surface area contributed by atoms with Crippen LogP contribution in [0.25, 0.3) is 10.9 Å². The Balaban J connectivity index is 2.59. The van der Waals surface area contributed by atoms with E-state index in [1.165, 1.54) is 0 Å². The lowest BCUT2D eigenvalue weighted by Crippen LogP contribution is -2.14. The number of hydrogen-bond acceptors (Lipinski definition) is 2. The molecule has 0 spiro atoms. The van der Waals surface area contributed by atoms with E-state index in [2.05, 4.69) is 18.8 Å². The number of hydrogen-bond donors (Lipinski definition) is 0. The number of carbonyl (C=O) groups excluding carboxylic acids is 1. The monoisotopic (exact) mass is 241 g/mol. The molecule has 0 saturated heterocycles. The van der Waals surface area contributed by atoms with Gasteiger partial charge in [0.1, 0.15) is 0 Å². The van der Waals surface area contributed by atoms with Crippen LogP contribution in [0.1, 0.15) is 42.7 Å². The molecule has 0 saturated carbocycles. The molecule has 0 fully saturated rings. The van der Waals surface area contributed by atoms with Crippen LogP contribution in [0.5, 0.6) is 0 Å².